The van der Waals surface area contributed by atoms with Crippen LogP contribution in [-0.4, -0.2) is 23.9 Å². The van der Waals surface area contributed by atoms with E-state index < -0.39 is 0 Å². The van der Waals surface area contributed by atoms with Gasteiger partial charge >= 0.3 is 0 Å². The van der Waals surface area contributed by atoms with Crippen LogP contribution >= 0.6 is 23.2 Å². The van der Waals surface area contributed by atoms with Crippen LogP contribution in [-0.2, 0) is 11.2 Å². The highest BCUT2D eigenvalue weighted by Gasteiger charge is 2.36. The van der Waals surface area contributed by atoms with Gasteiger partial charge in [-0.3, -0.25) is 0 Å². The lowest BCUT2D eigenvalue weighted by atomic mass is 9.77. The van der Waals surface area contributed by atoms with E-state index in [2.05, 4.69) is 0 Å². The molecule has 3 rings (SSSR count). The number of ether oxygens (including phenoxy) is 1. The van der Waals surface area contributed by atoms with E-state index in [9.17, 15) is 5.11 Å². The molecular formula is C19H26Cl2O2. The third-order valence-corrected chi connectivity index (χ3v) is 6.26. The van der Waals surface area contributed by atoms with Gasteiger partial charge in [-0.2, -0.15) is 0 Å². The molecule has 3 unspecified atom stereocenters. The summed E-state index contributed by atoms with van der Waals surface area (Å²) in [4.78, 5) is 0. The van der Waals surface area contributed by atoms with Gasteiger partial charge in [0.1, 0.15) is 0 Å². The smallest absolute Gasteiger partial charge is 0.0606 e. The summed E-state index contributed by atoms with van der Waals surface area (Å²) in [6.45, 7) is 0.667. The summed E-state index contributed by atoms with van der Waals surface area (Å²) in [7, 11) is 0. The van der Waals surface area contributed by atoms with Crippen LogP contribution in [0.1, 0.15) is 50.5 Å². The van der Waals surface area contributed by atoms with Crippen LogP contribution in [0.4, 0.5) is 0 Å². The average molecular weight is 357 g/mol. The van der Waals surface area contributed by atoms with E-state index >= 15 is 0 Å². The fraction of sp³-hybridized carbons (Fsp3) is 0.684. The SMILES string of the molecule is OC1CCC(C2CCCC[C@@H]2OCCc2c(Cl)cccc2Cl)C1. The summed E-state index contributed by atoms with van der Waals surface area (Å²) in [6, 6.07) is 5.63. The van der Waals surface area contributed by atoms with Crippen molar-refractivity contribution in [3.63, 3.8) is 0 Å². The zero-order valence-corrected chi connectivity index (χ0v) is 15.0. The van der Waals surface area contributed by atoms with Crippen molar-refractivity contribution < 1.29 is 9.84 Å². The van der Waals surface area contributed by atoms with E-state index in [-0.39, 0.29) is 6.10 Å². The molecule has 0 spiro atoms. The molecule has 1 aromatic carbocycles. The molecule has 4 atom stereocenters. The molecule has 2 fully saturated rings. The molecule has 0 radical (unpaired) electrons. The third kappa shape index (κ3) is 4.42. The molecule has 1 N–H and O–H groups in total. The van der Waals surface area contributed by atoms with Crippen LogP contribution in [0.25, 0.3) is 0 Å². The molecule has 0 saturated heterocycles. The van der Waals surface area contributed by atoms with Gasteiger partial charge in [-0.1, -0.05) is 42.1 Å². The molecule has 128 valence electrons. The van der Waals surface area contributed by atoms with Crippen LogP contribution in [0.15, 0.2) is 18.2 Å². The molecule has 0 amide bonds. The monoisotopic (exact) mass is 356 g/mol. The number of benzene rings is 1. The van der Waals surface area contributed by atoms with Crippen LogP contribution in [0.3, 0.4) is 0 Å². The minimum Gasteiger partial charge on any atom is -0.393 e. The summed E-state index contributed by atoms with van der Waals surface area (Å²) in [5, 5.41) is 11.3. The fourth-order valence-electron chi connectivity index (χ4n) is 4.34. The topological polar surface area (TPSA) is 29.5 Å². The Morgan fingerprint density at radius 2 is 1.78 bits per heavy atom. The maximum Gasteiger partial charge on any atom is 0.0606 e. The molecule has 0 bridgehead atoms. The zero-order chi connectivity index (χ0) is 16.2. The van der Waals surface area contributed by atoms with E-state index in [0.717, 1.165) is 47.7 Å². The molecule has 0 aliphatic heterocycles. The minimum absolute atomic E-state index is 0.0930. The van der Waals surface area contributed by atoms with Gasteiger partial charge in [-0.15, -0.1) is 0 Å². The molecular weight excluding hydrogens is 331 g/mol. The molecule has 1 aromatic rings. The maximum atomic E-state index is 9.83. The predicted octanol–water partition coefficient (Wildman–Crippen LogP) is 5.27. The summed E-state index contributed by atoms with van der Waals surface area (Å²) < 4.78 is 6.26. The standard InChI is InChI=1S/C19H26Cl2O2/c20-17-5-3-6-18(21)16(17)10-11-23-19-7-2-1-4-15(19)13-8-9-14(22)12-13/h3,5-6,13-15,19,22H,1-2,4,7-12H2/t13?,14?,15?,19-/m0/s1. The second-order valence-corrected chi connectivity index (χ2v) is 7.85. The Hall–Kier alpha value is -0.280. The Morgan fingerprint density at radius 3 is 2.48 bits per heavy atom. The summed E-state index contributed by atoms with van der Waals surface area (Å²) in [5.74, 6) is 1.25. The van der Waals surface area contributed by atoms with Crippen molar-refractivity contribution in [3.8, 4) is 0 Å². The molecule has 0 heterocycles. The highest BCUT2D eigenvalue weighted by atomic mass is 35.5. The lowest BCUT2D eigenvalue weighted by Gasteiger charge is -2.35. The van der Waals surface area contributed by atoms with Gasteiger partial charge in [0, 0.05) is 10.0 Å². The van der Waals surface area contributed by atoms with Gasteiger partial charge in [-0.25, -0.2) is 0 Å². The second-order valence-electron chi connectivity index (χ2n) is 7.03. The van der Waals surface area contributed by atoms with Gasteiger partial charge < -0.3 is 9.84 Å². The largest absolute Gasteiger partial charge is 0.393 e. The number of aliphatic hydroxyl groups is 1. The molecule has 2 saturated carbocycles. The quantitative estimate of drug-likeness (QED) is 0.778. The van der Waals surface area contributed by atoms with Crippen molar-refractivity contribution in [2.75, 3.05) is 6.61 Å². The molecule has 4 heteroatoms. The van der Waals surface area contributed by atoms with Crippen molar-refractivity contribution in [3.05, 3.63) is 33.8 Å². The van der Waals surface area contributed by atoms with Gasteiger partial charge in [0.2, 0.25) is 0 Å². The van der Waals surface area contributed by atoms with Crippen LogP contribution in [0.2, 0.25) is 10.0 Å². The van der Waals surface area contributed by atoms with E-state index in [4.69, 9.17) is 27.9 Å². The molecule has 0 aromatic heterocycles. The predicted molar refractivity (Wildman–Crippen MR) is 95.2 cm³/mol. The Balaban J connectivity index is 1.55. The maximum absolute atomic E-state index is 9.83. The summed E-state index contributed by atoms with van der Waals surface area (Å²) >= 11 is 12.5. The first-order valence-electron chi connectivity index (χ1n) is 8.87. The van der Waals surface area contributed by atoms with Gasteiger partial charge in [0.15, 0.2) is 0 Å². The van der Waals surface area contributed by atoms with Crippen molar-refractivity contribution in [1.82, 2.24) is 0 Å². The number of hydrogen-bond donors (Lipinski definition) is 1. The molecule has 23 heavy (non-hydrogen) atoms. The van der Waals surface area contributed by atoms with Gasteiger partial charge in [-0.05, 0) is 68.1 Å². The fourth-order valence-corrected chi connectivity index (χ4v) is 4.92. The first-order chi connectivity index (χ1) is 11.1. The molecule has 2 aliphatic rings. The number of halogens is 2. The lowest BCUT2D eigenvalue weighted by Crippen LogP contribution is -2.33. The van der Waals surface area contributed by atoms with E-state index in [1.165, 1.54) is 19.3 Å². The highest BCUT2D eigenvalue weighted by molar-refractivity contribution is 6.35. The summed E-state index contributed by atoms with van der Waals surface area (Å²) in [6.07, 6.45) is 9.02. The highest BCUT2D eigenvalue weighted by Crippen LogP contribution is 2.40. The first-order valence-corrected chi connectivity index (χ1v) is 9.63. The van der Waals surface area contributed by atoms with Gasteiger partial charge in [0.05, 0.1) is 18.8 Å². The van der Waals surface area contributed by atoms with E-state index in [1.54, 1.807) is 0 Å². The lowest BCUT2D eigenvalue weighted by molar-refractivity contribution is -0.0303. The van der Waals surface area contributed by atoms with E-state index in [1.807, 2.05) is 18.2 Å². The van der Waals surface area contributed by atoms with E-state index in [0.29, 0.717) is 24.5 Å². The number of hydrogen-bond acceptors (Lipinski definition) is 2. The molecule has 2 aliphatic carbocycles. The Kier molecular flexibility index (Phi) is 6.25. The van der Waals surface area contributed by atoms with Crippen LogP contribution < -0.4 is 0 Å². The van der Waals surface area contributed by atoms with Crippen molar-refractivity contribution in [2.24, 2.45) is 11.8 Å². The van der Waals surface area contributed by atoms with Crippen LogP contribution in [0.5, 0.6) is 0 Å². The number of rotatable bonds is 5. The summed E-state index contributed by atoms with van der Waals surface area (Å²) in [5.41, 5.74) is 0.986. The van der Waals surface area contributed by atoms with Crippen molar-refractivity contribution in [2.45, 2.75) is 63.6 Å². The molecule has 2 nitrogen and oxygen atoms in total. The van der Waals surface area contributed by atoms with Crippen molar-refractivity contribution in [1.29, 1.82) is 0 Å². The average Bonchev–Trinajstić information content (AvgIpc) is 2.97. The Morgan fingerprint density at radius 1 is 1.04 bits per heavy atom. The second kappa shape index (κ2) is 8.20. The third-order valence-electron chi connectivity index (χ3n) is 5.55. The first kappa shape index (κ1) is 17.5. The number of aliphatic hydroxyl groups excluding tert-OH is 1. The Bertz CT molecular complexity index is 500. The zero-order valence-electron chi connectivity index (χ0n) is 13.5. The normalized spacial score (nSPS) is 31.4. The van der Waals surface area contributed by atoms with Crippen LogP contribution in [0, 0.1) is 11.8 Å². The van der Waals surface area contributed by atoms with Gasteiger partial charge in [0.25, 0.3) is 0 Å². The minimum atomic E-state index is -0.0930. The Labute approximate surface area is 149 Å². The van der Waals surface area contributed by atoms with Crippen molar-refractivity contribution >= 4 is 23.2 Å².